The fraction of sp³-hybridized carbons (Fsp3) is 0.632. The van der Waals surface area contributed by atoms with E-state index in [9.17, 15) is 14.4 Å². The normalized spacial score (nSPS) is 13.1. The second-order valence-corrected chi connectivity index (χ2v) is 19.5. The number of hydrogen-bond acceptors (Lipinski definition) is 6. The van der Waals surface area contributed by atoms with Gasteiger partial charge in [-0.2, -0.15) is 0 Å². The molecule has 0 aromatic rings. The second kappa shape index (κ2) is 61.1. The molecule has 0 radical (unpaired) electrons. The lowest BCUT2D eigenvalue weighted by Crippen LogP contribution is -2.30. The van der Waals surface area contributed by atoms with E-state index in [1.807, 2.05) is 0 Å². The first kappa shape index (κ1) is 69.5. The van der Waals surface area contributed by atoms with Gasteiger partial charge in [-0.05, 0) is 116 Å². The summed E-state index contributed by atoms with van der Waals surface area (Å²) in [7, 11) is 0. The van der Waals surface area contributed by atoms with Gasteiger partial charge in [0.1, 0.15) is 13.2 Å². The molecule has 0 fully saturated rings. The van der Waals surface area contributed by atoms with Crippen LogP contribution in [0.15, 0.2) is 134 Å². The van der Waals surface area contributed by atoms with Crippen LogP contribution >= 0.6 is 0 Å². The van der Waals surface area contributed by atoms with Gasteiger partial charge in [-0.3, -0.25) is 14.4 Å². The molecule has 0 rings (SSSR count). The van der Waals surface area contributed by atoms with Crippen LogP contribution in [0.5, 0.6) is 0 Å². The van der Waals surface area contributed by atoms with Crippen LogP contribution in [0.2, 0.25) is 0 Å². The molecule has 0 aliphatic rings. The van der Waals surface area contributed by atoms with E-state index in [0.717, 1.165) is 128 Å². The molecule has 0 aromatic carbocycles. The third kappa shape index (κ3) is 58.4. The van der Waals surface area contributed by atoms with Crippen LogP contribution in [0, 0.1) is 0 Å². The van der Waals surface area contributed by atoms with Crippen molar-refractivity contribution in [2.24, 2.45) is 0 Å². The van der Waals surface area contributed by atoms with Crippen molar-refractivity contribution in [1.82, 2.24) is 0 Å². The van der Waals surface area contributed by atoms with Gasteiger partial charge in [-0.25, -0.2) is 0 Å². The summed E-state index contributed by atoms with van der Waals surface area (Å²) >= 11 is 0. The lowest BCUT2D eigenvalue weighted by Gasteiger charge is -2.18. The molecular weight excluding hydrogens is 913 g/mol. The number of rotatable bonds is 53. The Balaban J connectivity index is 4.45. The van der Waals surface area contributed by atoms with Crippen LogP contribution in [0.1, 0.15) is 258 Å². The summed E-state index contributed by atoms with van der Waals surface area (Å²) in [5.41, 5.74) is 0. The van der Waals surface area contributed by atoms with Gasteiger partial charge in [0.25, 0.3) is 0 Å². The second-order valence-electron chi connectivity index (χ2n) is 19.5. The highest BCUT2D eigenvalue weighted by atomic mass is 16.6. The summed E-state index contributed by atoms with van der Waals surface area (Å²) in [6.07, 6.45) is 86.0. The van der Waals surface area contributed by atoms with Crippen molar-refractivity contribution < 1.29 is 28.6 Å². The topological polar surface area (TPSA) is 78.9 Å². The molecule has 0 saturated carbocycles. The zero-order valence-corrected chi connectivity index (χ0v) is 47.8. The molecule has 6 heteroatoms. The first-order valence-electron chi connectivity index (χ1n) is 30.2. The summed E-state index contributed by atoms with van der Waals surface area (Å²) in [4.78, 5) is 38.2. The molecule has 0 aliphatic carbocycles. The van der Waals surface area contributed by atoms with Gasteiger partial charge in [-0.15, -0.1) is 0 Å². The number of carbonyl (C=O) groups is 3. The Bertz CT molecular complexity index is 1600. The Morgan fingerprint density at radius 1 is 0.284 bits per heavy atom. The van der Waals surface area contributed by atoms with Crippen LogP contribution in [-0.2, 0) is 28.6 Å². The minimum atomic E-state index is -0.811. The lowest BCUT2D eigenvalue weighted by atomic mass is 10.0. The van der Waals surface area contributed by atoms with E-state index in [-0.39, 0.29) is 31.1 Å². The summed E-state index contributed by atoms with van der Waals surface area (Å²) in [6, 6.07) is 0. The van der Waals surface area contributed by atoms with E-state index in [1.54, 1.807) is 0 Å². The molecule has 0 heterocycles. The van der Waals surface area contributed by atoms with E-state index >= 15 is 0 Å². The molecule has 418 valence electrons. The number of ether oxygens (including phenoxy) is 3. The third-order valence-electron chi connectivity index (χ3n) is 12.4. The van der Waals surface area contributed by atoms with Gasteiger partial charge in [0.15, 0.2) is 6.10 Å². The van der Waals surface area contributed by atoms with Gasteiger partial charge >= 0.3 is 17.9 Å². The van der Waals surface area contributed by atoms with Crippen molar-refractivity contribution in [3.63, 3.8) is 0 Å². The highest BCUT2D eigenvalue weighted by Crippen LogP contribution is 2.15. The average Bonchev–Trinajstić information content (AvgIpc) is 3.40. The maximum absolute atomic E-state index is 12.9. The maximum Gasteiger partial charge on any atom is 0.306 e. The molecule has 0 aliphatic heterocycles. The van der Waals surface area contributed by atoms with Gasteiger partial charge in [0.2, 0.25) is 0 Å². The summed E-state index contributed by atoms with van der Waals surface area (Å²) in [5.74, 6) is -0.980. The highest BCUT2D eigenvalue weighted by molar-refractivity contribution is 5.71. The van der Waals surface area contributed by atoms with Crippen molar-refractivity contribution in [2.75, 3.05) is 13.2 Å². The SMILES string of the molecule is CC/C=C\C/C=C\C/C=C\C/C=C\C/C=C\C/C=C\C/C=C\C/C=C\CCCCC(=O)OCC(COC(=O)CCCCC/C=C\C/C=C\C/C=C\CC)OC(=O)CCCCCCCCCCCCCCCCCC. The fourth-order valence-corrected chi connectivity index (χ4v) is 7.94. The van der Waals surface area contributed by atoms with E-state index in [0.29, 0.717) is 25.7 Å². The molecule has 1 unspecified atom stereocenters. The Labute approximate surface area is 455 Å². The standard InChI is InChI=1S/C68H110O6/c1-4-7-10-13-16-19-22-25-27-29-30-31-32-33-34-35-36-37-38-39-41-43-46-49-52-55-58-61-67(70)73-64-65(63-72-66(69)60-57-54-51-48-45-42-24-21-18-15-12-9-6-3)74-68(71)62-59-56-53-50-47-44-40-28-26-23-20-17-14-11-8-5-2/h7,9-10,12,16,18-19,21,25,27,30-31,33-34,36-37,39,41-42,45-46,49,65H,4-6,8,11,13-15,17,20,22-24,26,28-29,32,35,38,40,43-44,47-48,50-64H2,1-3H3/b10-7-,12-9-,19-16-,21-18-,27-25-,31-30-,34-33-,37-36-,41-39-,45-42-,49-46-. The predicted molar refractivity (Wildman–Crippen MR) is 320 cm³/mol. The third-order valence-corrected chi connectivity index (χ3v) is 12.4. The van der Waals surface area contributed by atoms with Crippen molar-refractivity contribution in [1.29, 1.82) is 0 Å². The molecule has 0 amide bonds. The van der Waals surface area contributed by atoms with Crippen LogP contribution in [-0.4, -0.2) is 37.2 Å². The summed E-state index contributed by atoms with van der Waals surface area (Å²) in [6.45, 7) is 6.35. The van der Waals surface area contributed by atoms with Crippen LogP contribution in [0.25, 0.3) is 0 Å². The van der Waals surface area contributed by atoms with Crippen molar-refractivity contribution in [2.45, 2.75) is 264 Å². The van der Waals surface area contributed by atoms with Gasteiger partial charge in [-0.1, -0.05) is 257 Å². The number of allylic oxidation sites excluding steroid dienone is 22. The number of hydrogen-bond donors (Lipinski definition) is 0. The largest absolute Gasteiger partial charge is 0.462 e. The van der Waals surface area contributed by atoms with Crippen molar-refractivity contribution >= 4 is 17.9 Å². The molecule has 0 saturated heterocycles. The van der Waals surface area contributed by atoms with Gasteiger partial charge < -0.3 is 14.2 Å². The van der Waals surface area contributed by atoms with Gasteiger partial charge in [0.05, 0.1) is 0 Å². The van der Waals surface area contributed by atoms with E-state index in [2.05, 4.69) is 154 Å². The zero-order chi connectivity index (χ0) is 53.6. The van der Waals surface area contributed by atoms with Crippen LogP contribution in [0.4, 0.5) is 0 Å². The monoisotopic (exact) mass is 1020 g/mol. The molecule has 6 nitrogen and oxygen atoms in total. The molecular formula is C68H110O6. The Kier molecular flexibility index (Phi) is 57.4. The smallest absolute Gasteiger partial charge is 0.306 e. The van der Waals surface area contributed by atoms with Crippen LogP contribution in [0.3, 0.4) is 0 Å². The molecule has 74 heavy (non-hydrogen) atoms. The molecule has 0 aromatic heterocycles. The fourth-order valence-electron chi connectivity index (χ4n) is 7.94. The van der Waals surface area contributed by atoms with Crippen molar-refractivity contribution in [3.05, 3.63) is 134 Å². The number of esters is 3. The Morgan fingerprint density at radius 3 is 0.851 bits per heavy atom. The molecule has 0 bridgehead atoms. The lowest BCUT2D eigenvalue weighted by molar-refractivity contribution is -0.167. The molecule has 0 N–H and O–H groups in total. The van der Waals surface area contributed by atoms with E-state index in [1.165, 1.54) is 83.5 Å². The Hall–Kier alpha value is -4.45. The zero-order valence-electron chi connectivity index (χ0n) is 47.8. The summed E-state index contributed by atoms with van der Waals surface area (Å²) in [5, 5.41) is 0. The average molecular weight is 1020 g/mol. The van der Waals surface area contributed by atoms with E-state index in [4.69, 9.17) is 14.2 Å². The quantitative estimate of drug-likeness (QED) is 0.0261. The van der Waals surface area contributed by atoms with Crippen LogP contribution < -0.4 is 0 Å². The van der Waals surface area contributed by atoms with Crippen molar-refractivity contribution in [3.8, 4) is 0 Å². The number of unbranched alkanes of at least 4 members (excludes halogenated alkanes) is 20. The molecule has 0 spiro atoms. The number of carbonyl (C=O) groups excluding carboxylic acids is 3. The maximum atomic E-state index is 12.9. The summed E-state index contributed by atoms with van der Waals surface area (Å²) < 4.78 is 16.8. The minimum Gasteiger partial charge on any atom is -0.462 e. The first-order chi connectivity index (χ1) is 36.5. The highest BCUT2D eigenvalue weighted by Gasteiger charge is 2.19. The minimum absolute atomic E-state index is 0.109. The first-order valence-corrected chi connectivity index (χ1v) is 30.2. The van der Waals surface area contributed by atoms with E-state index < -0.39 is 6.10 Å². The molecule has 1 atom stereocenters. The Morgan fingerprint density at radius 2 is 0.527 bits per heavy atom. The predicted octanol–water partition coefficient (Wildman–Crippen LogP) is 20.6. The van der Waals surface area contributed by atoms with Gasteiger partial charge in [0, 0.05) is 19.3 Å².